The fourth-order valence-corrected chi connectivity index (χ4v) is 4.14. The molecule has 0 bridgehead atoms. The Bertz CT molecular complexity index is 1270. The standard InChI is InChI=1S/C27H28ClN3O3/c1-31-12-11-19-14-21(7-10-25(19)31)27(34)30-23-8-5-18(6-9-23)13-24(17-32)29-16-26(33)20-3-2-4-22(28)15-20/h2-12,14-15,24,26,29,32-33H,13,16-17H2,1H3,(H,30,34)/t24-,26-/m0/s1. The first kappa shape index (κ1) is 24.0. The van der Waals surface area contributed by atoms with E-state index in [0.717, 1.165) is 22.0 Å². The highest BCUT2D eigenvalue weighted by atomic mass is 35.5. The molecule has 34 heavy (non-hydrogen) atoms. The number of nitrogens with zero attached hydrogens (tertiary/aromatic N) is 1. The van der Waals surface area contributed by atoms with Gasteiger partial charge in [0.15, 0.2) is 0 Å². The second-order valence-corrected chi connectivity index (χ2v) is 8.85. The molecule has 1 aromatic heterocycles. The normalized spacial score (nSPS) is 13.1. The van der Waals surface area contributed by atoms with Gasteiger partial charge in [-0.1, -0.05) is 35.9 Å². The molecule has 176 valence electrons. The van der Waals surface area contributed by atoms with Crippen molar-refractivity contribution in [2.45, 2.75) is 18.6 Å². The monoisotopic (exact) mass is 477 g/mol. The summed E-state index contributed by atoms with van der Waals surface area (Å²) in [5, 5.41) is 27.9. The number of aliphatic hydroxyl groups excluding tert-OH is 2. The molecule has 0 radical (unpaired) electrons. The maximum absolute atomic E-state index is 12.7. The van der Waals surface area contributed by atoms with Gasteiger partial charge in [-0.3, -0.25) is 4.79 Å². The van der Waals surface area contributed by atoms with Gasteiger partial charge in [-0.25, -0.2) is 0 Å². The van der Waals surface area contributed by atoms with Crippen molar-refractivity contribution in [1.82, 2.24) is 9.88 Å². The zero-order valence-electron chi connectivity index (χ0n) is 18.9. The topological polar surface area (TPSA) is 86.5 Å². The molecule has 0 aliphatic carbocycles. The minimum absolute atomic E-state index is 0.0667. The number of carbonyl (C=O) groups excluding carboxylic acids is 1. The van der Waals surface area contributed by atoms with Gasteiger partial charge < -0.3 is 25.4 Å². The lowest BCUT2D eigenvalue weighted by atomic mass is 10.0. The predicted molar refractivity (Wildman–Crippen MR) is 136 cm³/mol. The molecule has 0 unspecified atom stereocenters. The van der Waals surface area contributed by atoms with Gasteiger partial charge in [-0.15, -0.1) is 0 Å². The number of rotatable bonds is 9. The number of benzene rings is 3. The van der Waals surface area contributed by atoms with Crippen LogP contribution in [0.5, 0.6) is 0 Å². The molecule has 0 aliphatic heterocycles. The molecule has 2 atom stereocenters. The smallest absolute Gasteiger partial charge is 0.255 e. The first-order valence-electron chi connectivity index (χ1n) is 11.2. The molecule has 4 rings (SSSR count). The molecule has 1 heterocycles. The van der Waals surface area contributed by atoms with E-state index in [1.165, 1.54) is 0 Å². The molecule has 4 N–H and O–H groups in total. The first-order valence-corrected chi connectivity index (χ1v) is 11.5. The molecule has 0 spiro atoms. The Morgan fingerprint density at radius 3 is 2.59 bits per heavy atom. The third-order valence-electron chi connectivity index (χ3n) is 5.90. The van der Waals surface area contributed by atoms with Crippen LogP contribution in [0.3, 0.4) is 0 Å². The molecule has 3 aromatic carbocycles. The van der Waals surface area contributed by atoms with Gasteiger partial charge in [-0.05, 0) is 66.1 Å². The zero-order valence-corrected chi connectivity index (χ0v) is 19.7. The van der Waals surface area contributed by atoms with Crippen molar-refractivity contribution in [2.24, 2.45) is 7.05 Å². The van der Waals surface area contributed by atoms with Gasteiger partial charge in [0.25, 0.3) is 5.91 Å². The molecule has 1 amide bonds. The van der Waals surface area contributed by atoms with Gasteiger partial charge in [0.2, 0.25) is 0 Å². The Hall–Kier alpha value is -3.16. The summed E-state index contributed by atoms with van der Waals surface area (Å²) in [6.45, 7) is 0.230. The van der Waals surface area contributed by atoms with E-state index >= 15 is 0 Å². The van der Waals surface area contributed by atoms with E-state index in [-0.39, 0.29) is 18.6 Å². The van der Waals surface area contributed by atoms with Crippen LogP contribution in [0.15, 0.2) is 79.0 Å². The average Bonchev–Trinajstić information content (AvgIpc) is 3.22. The number of hydrogen-bond acceptors (Lipinski definition) is 4. The summed E-state index contributed by atoms with van der Waals surface area (Å²) in [4.78, 5) is 12.7. The molecule has 7 heteroatoms. The van der Waals surface area contributed by atoms with Crippen LogP contribution in [0.2, 0.25) is 5.02 Å². The third kappa shape index (κ3) is 5.85. The molecule has 0 saturated carbocycles. The lowest BCUT2D eigenvalue weighted by Crippen LogP contribution is -2.37. The minimum atomic E-state index is -0.722. The van der Waals surface area contributed by atoms with Crippen LogP contribution < -0.4 is 10.6 Å². The number of aromatic nitrogens is 1. The van der Waals surface area contributed by atoms with Gasteiger partial charge in [0, 0.05) is 53.0 Å². The number of carbonyl (C=O) groups is 1. The summed E-state index contributed by atoms with van der Waals surface area (Å²) in [5.41, 5.74) is 4.11. The number of nitrogens with one attached hydrogen (secondary N) is 2. The summed E-state index contributed by atoms with van der Waals surface area (Å²) in [6.07, 6.45) is 1.83. The average molecular weight is 478 g/mol. The van der Waals surface area contributed by atoms with Crippen molar-refractivity contribution in [1.29, 1.82) is 0 Å². The van der Waals surface area contributed by atoms with E-state index in [2.05, 4.69) is 10.6 Å². The number of fused-ring (bicyclic) bond motifs is 1. The van der Waals surface area contributed by atoms with E-state index in [4.69, 9.17) is 11.6 Å². The lowest BCUT2D eigenvalue weighted by Gasteiger charge is -2.19. The molecular formula is C27H28ClN3O3. The van der Waals surface area contributed by atoms with Crippen molar-refractivity contribution < 1.29 is 15.0 Å². The Morgan fingerprint density at radius 1 is 1.06 bits per heavy atom. The highest BCUT2D eigenvalue weighted by Gasteiger charge is 2.14. The van der Waals surface area contributed by atoms with Crippen molar-refractivity contribution >= 4 is 34.1 Å². The van der Waals surface area contributed by atoms with Crippen LogP contribution in [0.4, 0.5) is 5.69 Å². The molecule has 4 aromatic rings. The van der Waals surface area contributed by atoms with Crippen LogP contribution in [0.25, 0.3) is 10.9 Å². The molecule has 0 fully saturated rings. The summed E-state index contributed by atoms with van der Waals surface area (Å²) < 4.78 is 2.02. The fourth-order valence-electron chi connectivity index (χ4n) is 3.95. The lowest BCUT2D eigenvalue weighted by molar-refractivity contribution is 0.102. The minimum Gasteiger partial charge on any atom is -0.395 e. The Morgan fingerprint density at radius 2 is 1.85 bits per heavy atom. The van der Waals surface area contributed by atoms with Crippen molar-refractivity contribution in [3.8, 4) is 0 Å². The number of aliphatic hydroxyl groups is 2. The van der Waals surface area contributed by atoms with Crippen LogP contribution >= 0.6 is 11.6 Å². The quantitative estimate of drug-likeness (QED) is 0.289. The van der Waals surface area contributed by atoms with Crippen LogP contribution in [-0.2, 0) is 13.5 Å². The van der Waals surface area contributed by atoms with Crippen LogP contribution in [0.1, 0.15) is 27.6 Å². The van der Waals surface area contributed by atoms with Gasteiger partial charge >= 0.3 is 0 Å². The molecular weight excluding hydrogens is 450 g/mol. The van der Waals surface area contributed by atoms with E-state index in [9.17, 15) is 15.0 Å². The zero-order chi connectivity index (χ0) is 24.1. The SMILES string of the molecule is Cn1ccc2cc(C(=O)Nc3ccc(C[C@@H](CO)NC[C@H](O)c4cccc(Cl)c4)cc3)ccc21. The predicted octanol–water partition coefficient (Wildman–Crippen LogP) is 4.31. The van der Waals surface area contributed by atoms with Gasteiger partial charge in [0.1, 0.15) is 0 Å². The summed E-state index contributed by atoms with van der Waals surface area (Å²) >= 11 is 5.99. The maximum atomic E-state index is 12.7. The first-order chi connectivity index (χ1) is 16.4. The van der Waals surface area contributed by atoms with Crippen LogP contribution in [-0.4, -0.2) is 39.9 Å². The Kier molecular flexibility index (Phi) is 7.65. The number of halogens is 1. The van der Waals surface area contributed by atoms with Crippen molar-refractivity contribution in [3.05, 3.63) is 101 Å². The van der Waals surface area contributed by atoms with E-state index in [1.54, 1.807) is 18.2 Å². The second-order valence-electron chi connectivity index (χ2n) is 8.41. The number of hydrogen-bond donors (Lipinski definition) is 4. The van der Waals surface area contributed by atoms with E-state index in [0.29, 0.717) is 29.2 Å². The summed E-state index contributed by atoms with van der Waals surface area (Å²) in [5.74, 6) is -0.164. The molecule has 6 nitrogen and oxygen atoms in total. The Balaban J connectivity index is 1.32. The van der Waals surface area contributed by atoms with Gasteiger partial charge in [0.05, 0.1) is 12.7 Å². The molecule has 0 aliphatic rings. The number of amides is 1. The van der Waals surface area contributed by atoms with Gasteiger partial charge in [-0.2, -0.15) is 0 Å². The summed E-state index contributed by atoms with van der Waals surface area (Å²) in [7, 11) is 1.97. The maximum Gasteiger partial charge on any atom is 0.255 e. The van der Waals surface area contributed by atoms with E-state index < -0.39 is 6.10 Å². The van der Waals surface area contributed by atoms with Crippen molar-refractivity contribution in [3.63, 3.8) is 0 Å². The van der Waals surface area contributed by atoms with Crippen molar-refractivity contribution in [2.75, 3.05) is 18.5 Å². The largest absolute Gasteiger partial charge is 0.395 e. The molecule has 0 saturated heterocycles. The highest BCUT2D eigenvalue weighted by molar-refractivity contribution is 6.30. The summed E-state index contributed by atoms with van der Waals surface area (Å²) in [6, 6.07) is 22.1. The Labute approximate surface area is 203 Å². The second kappa shape index (κ2) is 10.8. The van der Waals surface area contributed by atoms with E-state index in [1.807, 2.05) is 72.4 Å². The van der Waals surface area contributed by atoms with Crippen LogP contribution in [0, 0.1) is 0 Å². The number of anilines is 1. The highest BCUT2D eigenvalue weighted by Crippen LogP contribution is 2.19. The third-order valence-corrected chi connectivity index (χ3v) is 6.13. The number of aryl methyl sites for hydroxylation is 1. The fraction of sp³-hybridized carbons (Fsp3) is 0.222.